The lowest BCUT2D eigenvalue weighted by atomic mass is 10.0. The maximum absolute atomic E-state index is 9.06. The van der Waals surface area contributed by atoms with E-state index in [4.69, 9.17) is 5.26 Å². The normalized spacial score (nSPS) is 9.65. The van der Waals surface area contributed by atoms with Crippen LogP contribution in [0.5, 0.6) is 0 Å². The molecule has 2 rings (SSSR count). The molecule has 0 radical (unpaired) electrons. The minimum absolute atomic E-state index is 0.667. The highest BCUT2D eigenvalue weighted by atomic mass is 14.7. The summed E-state index contributed by atoms with van der Waals surface area (Å²) >= 11 is 0. The lowest BCUT2D eigenvalue weighted by Gasteiger charge is -2.06. The molecule has 2 nitrogen and oxygen atoms in total. The summed E-state index contributed by atoms with van der Waals surface area (Å²) in [7, 11) is 0. The van der Waals surface area contributed by atoms with Gasteiger partial charge in [-0.05, 0) is 30.7 Å². The van der Waals surface area contributed by atoms with Crippen molar-refractivity contribution in [1.82, 2.24) is 4.98 Å². The highest BCUT2D eigenvalue weighted by Gasteiger charge is 2.05. The second-order valence-corrected chi connectivity index (χ2v) is 3.79. The van der Waals surface area contributed by atoms with E-state index in [-0.39, 0.29) is 0 Å². The molecule has 2 heteroatoms. The Bertz CT molecular complexity index is 607. The van der Waals surface area contributed by atoms with E-state index in [1.54, 1.807) is 12.3 Å². The van der Waals surface area contributed by atoms with Gasteiger partial charge in [0.05, 0.1) is 17.3 Å². The van der Waals surface area contributed by atoms with Crippen LogP contribution in [0.1, 0.15) is 16.8 Å². The number of benzene rings is 1. The van der Waals surface area contributed by atoms with Gasteiger partial charge in [0.1, 0.15) is 0 Å². The van der Waals surface area contributed by atoms with E-state index in [0.717, 1.165) is 22.4 Å². The van der Waals surface area contributed by atoms with E-state index < -0.39 is 0 Å². The van der Waals surface area contributed by atoms with E-state index in [1.165, 1.54) is 0 Å². The molecule has 0 N–H and O–H groups in total. The summed E-state index contributed by atoms with van der Waals surface area (Å²) in [5, 5.41) is 9.06. The molecule has 2 aromatic rings. The predicted octanol–water partition coefficient (Wildman–Crippen LogP) is 3.57. The molecule has 0 aliphatic heterocycles. The van der Waals surface area contributed by atoms with Crippen molar-refractivity contribution in [3.63, 3.8) is 0 Å². The van der Waals surface area contributed by atoms with Gasteiger partial charge in [-0.2, -0.15) is 5.26 Å². The first kappa shape index (κ1) is 11.1. The van der Waals surface area contributed by atoms with Gasteiger partial charge in [-0.25, -0.2) is 0 Å². The Balaban J connectivity index is 2.58. The Morgan fingerprint density at radius 1 is 1.35 bits per heavy atom. The van der Waals surface area contributed by atoms with Crippen LogP contribution in [-0.4, -0.2) is 4.98 Å². The van der Waals surface area contributed by atoms with Crippen LogP contribution in [0.15, 0.2) is 43.1 Å². The molecule has 1 heterocycles. The molecule has 0 saturated heterocycles. The molecule has 17 heavy (non-hydrogen) atoms. The molecule has 0 amide bonds. The molecule has 0 atom stereocenters. The molecule has 82 valence electrons. The molecule has 0 fully saturated rings. The number of hydrogen-bond donors (Lipinski definition) is 0. The third-order valence-electron chi connectivity index (χ3n) is 2.67. The van der Waals surface area contributed by atoms with Gasteiger partial charge in [0.2, 0.25) is 0 Å². The lowest BCUT2D eigenvalue weighted by Crippen LogP contribution is -1.90. The first-order valence-corrected chi connectivity index (χ1v) is 5.35. The maximum Gasteiger partial charge on any atom is 0.0998 e. The molecule has 1 aromatic carbocycles. The van der Waals surface area contributed by atoms with E-state index in [0.29, 0.717) is 5.56 Å². The fourth-order valence-corrected chi connectivity index (χ4v) is 1.78. The summed E-state index contributed by atoms with van der Waals surface area (Å²) in [5.74, 6) is 0. The van der Waals surface area contributed by atoms with Crippen molar-refractivity contribution in [3.05, 3.63) is 59.9 Å². The summed E-state index contributed by atoms with van der Waals surface area (Å²) in [5.41, 5.74) is 4.49. The number of aromatic nitrogens is 1. The number of nitriles is 1. The predicted molar refractivity (Wildman–Crippen MR) is 69.2 cm³/mol. The average molecular weight is 220 g/mol. The van der Waals surface area contributed by atoms with Crippen LogP contribution in [0.25, 0.3) is 17.2 Å². The summed E-state index contributed by atoms with van der Waals surface area (Å²) in [4.78, 5) is 4.32. The lowest BCUT2D eigenvalue weighted by molar-refractivity contribution is 1.24. The van der Waals surface area contributed by atoms with Crippen LogP contribution in [-0.2, 0) is 0 Å². The first-order valence-electron chi connectivity index (χ1n) is 5.35. The molecule has 0 unspecified atom stereocenters. The van der Waals surface area contributed by atoms with Gasteiger partial charge in [-0.15, -0.1) is 0 Å². The van der Waals surface area contributed by atoms with Crippen molar-refractivity contribution in [2.24, 2.45) is 0 Å². The zero-order chi connectivity index (χ0) is 12.3. The topological polar surface area (TPSA) is 36.7 Å². The summed E-state index contributed by atoms with van der Waals surface area (Å²) < 4.78 is 0. The molecule has 0 aliphatic carbocycles. The second-order valence-electron chi connectivity index (χ2n) is 3.79. The molecule has 0 saturated carbocycles. The standard InChI is InChI=1S/C15H12N2/c1-3-15-11(2)8-13(10-17-15)14-7-5-4-6-12(14)9-16/h3-8,10H,1H2,2H3. The van der Waals surface area contributed by atoms with Gasteiger partial charge in [0, 0.05) is 17.3 Å². The van der Waals surface area contributed by atoms with E-state index >= 15 is 0 Å². The molecule has 0 spiro atoms. The Morgan fingerprint density at radius 3 is 2.76 bits per heavy atom. The minimum atomic E-state index is 0.667. The largest absolute Gasteiger partial charge is 0.256 e. The van der Waals surface area contributed by atoms with Crippen LogP contribution in [0, 0.1) is 18.3 Å². The van der Waals surface area contributed by atoms with Crippen molar-refractivity contribution in [2.75, 3.05) is 0 Å². The Morgan fingerprint density at radius 2 is 2.12 bits per heavy atom. The Labute approximate surface area is 101 Å². The third kappa shape index (κ3) is 2.09. The number of rotatable bonds is 2. The van der Waals surface area contributed by atoms with Crippen LogP contribution < -0.4 is 0 Å². The van der Waals surface area contributed by atoms with Crippen LogP contribution >= 0.6 is 0 Å². The Kier molecular flexibility index (Phi) is 3.02. The van der Waals surface area contributed by atoms with Crippen molar-refractivity contribution in [2.45, 2.75) is 6.92 Å². The van der Waals surface area contributed by atoms with E-state index in [2.05, 4.69) is 17.6 Å². The van der Waals surface area contributed by atoms with Crippen molar-refractivity contribution >= 4 is 6.08 Å². The number of pyridine rings is 1. The zero-order valence-electron chi connectivity index (χ0n) is 9.64. The summed E-state index contributed by atoms with van der Waals surface area (Å²) in [6.07, 6.45) is 3.51. The fourth-order valence-electron chi connectivity index (χ4n) is 1.78. The van der Waals surface area contributed by atoms with Crippen molar-refractivity contribution < 1.29 is 0 Å². The second kappa shape index (κ2) is 4.63. The third-order valence-corrected chi connectivity index (χ3v) is 2.67. The number of hydrogen-bond acceptors (Lipinski definition) is 2. The molecule has 0 bridgehead atoms. The van der Waals surface area contributed by atoms with Crippen molar-refractivity contribution in [3.8, 4) is 17.2 Å². The molecular weight excluding hydrogens is 208 g/mol. The number of nitrogens with zero attached hydrogens (tertiary/aromatic N) is 2. The smallest absolute Gasteiger partial charge is 0.0998 e. The monoisotopic (exact) mass is 220 g/mol. The molecular formula is C15H12N2. The highest BCUT2D eigenvalue weighted by Crippen LogP contribution is 2.24. The van der Waals surface area contributed by atoms with Gasteiger partial charge in [0.15, 0.2) is 0 Å². The van der Waals surface area contributed by atoms with Crippen LogP contribution in [0.2, 0.25) is 0 Å². The van der Waals surface area contributed by atoms with Crippen LogP contribution in [0.3, 0.4) is 0 Å². The van der Waals surface area contributed by atoms with Gasteiger partial charge in [-0.3, -0.25) is 4.98 Å². The minimum Gasteiger partial charge on any atom is -0.256 e. The first-order chi connectivity index (χ1) is 8.26. The fraction of sp³-hybridized carbons (Fsp3) is 0.0667. The molecule has 1 aromatic heterocycles. The summed E-state index contributed by atoms with van der Waals surface area (Å²) in [6, 6.07) is 11.8. The Hall–Kier alpha value is -2.40. The van der Waals surface area contributed by atoms with Crippen molar-refractivity contribution in [1.29, 1.82) is 5.26 Å². The summed E-state index contributed by atoms with van der Waals surface area (Å²) in [6.45, 7) is 5.70. The van der Waals surface area contributed by atoms with Gasteiger partial charge in [-0.1, -0.05) is 24.8 Å². The van der Waals surface area contributed by atoms with Crippen LogP contribution in [0.4, 0.5) is 0 Å². The quantitative estimate of drug-likeness (QED) is 0.775. The van der Waals surface area contributed by atoms with Gasteiger partial charge in [0.25, 0.3) is 0 Å². The van der Waals surface area contributed by atoms with E-state index in [1.807, 2.05) is 37.3 Å². The molecule has 0 aliphatic rings. The van der Waals surface area contributed by atoms with Gasteiger partial charge >= 0.3 is 0 Å². The average Bonchev–Trinajstić information content (AvgIpc) is 2.38. The highest BCUT2D eigenvalue weighted by molar-refractivity contribution is 5.71. The van der Waals surface area contributed by atoms with Gasteiger partial charge < -0.3 is 0 Å². The number of aryl methyl sites for hydroxylation is 1. The maximum atomic E-state index is 9.06. The zero-order valence-corrected chi connectivity index (χ0v) is 9.64. The van der Waals surface area contributed by atoms with E-state index in [9.17, 15) is 0 Å². The SMILES string of the molecule is C=Cc1ncc(-c2ccccc2C#N)cc1C.